The van der Waals surface area contributed by atoms with E-state index in [0.29, 0.717) is 0 Å². The second-order valence-corrected chi connectivity index (χ2v) is 6.53. The Labute approximate surface area is 133 Å². The first kappa shape index (κ1) is 15.6. The number of aromatic nitrogens is 2. The van der Waals surface area contributed by atoms with Crippen molar-refractivity contribution in [1.82, 2.24) is 15.1 Å². The van der Waals surface area contributed by atoms with E-state index in [0.717, 1.165) is 29.0 Å². The minimum Gasteiger partial charge on any atom is -0.313 e. The molecule has 2 rings (SSSR count). The van der Waals surface area contributed by atoms with Gasteiger partial charge in [-0.3, -0.25) is 4.68 Å². The molecule has 0 atom stereocenters. The molecule has 0 unspecified atom stereocenters. The average molecular weight is 354 g/mol. The van der Waals surface area contributed by atoms with Gasteiger partial charge in [-0.1, -0.05) is 19.1 Å². The SMILES string of the molecule is CCNCc1cccc(SCc2c(Br)c(C)nn2C)c1. The molecule has 0 aliphatic carbocycles. The molecule has 0 saturated heterocycles. The zero-order valence-electron chi connectivity index (χ0n) is 12.1. The number of nitrogens with one attached hydrogen (secondary N) is 1. The fraction of sp³-hybridized carbons (Fsp3) is 0.400. The molecule has 108 valence electrons. The molecule has 3 nitrogen and oxygen atoms in total. The molecular formula is C15H20BrN3S. The van der Waals surface area contributed by atoms with E-state index in [2.05, 4.69) is 57.5 Å². The minimum atomic E-state index is 0.919. The first-order valence-electron chi connectivity index (χ1n) is 6.72. The third kappa shape index (κ3) is 3.87. The van der Waals surface area contributed by atoms with Crippen molar-refractivity contribution in [2.24, 2.45) is 7.05 Å². The summed E-state index contributed by atoms with van der Waals surface area (Å²) in [6, 6.07) is 8.71. The molecule has 0 fully saturated rings. The molecule has 0 amide bonds. The van der Waals surface area contributed by atoms with Gasteiger partial charge in [0.1, 0.15) is 0 Å². The van der Waals surface area contributed by atoms with Gasteiger partial charge in [0.05, 0.1) is 15.9 Å². The van der Waals surface area contributed by atoms with Crippen LogP contribution in [0.3, 0.4) is 0 Å². The zero-order valence-corrected chi connectivity index (χ0v) is 14.5. The first-order chi connectivity index (χ1) is 9.61. The molecule has 2 aromatic rings. The van der Waals surface area contributed by atoms with E-state index in [1.54, 1.807) is 0 Å². The highest BCUT2D eigenvalue weighted by atomic mass is 79.9. The summed E-state index contributed by atoms with van der Waals surface area (Å²) in [5.41, 5.74) is 3.60. The second-order valence-electron chi connectivity index (χ2n) is 4.69. The molecule has 0 aliphatic rings. The van der Waals surface area contributed by atoms with Crippen molar-refractivity contribution in [2.45, 2.75) is 31.0 Å². The van der Waals surface area contributed by atoms with Crippen LogP contribution in [0.5, 0.6) is 0 Å². The van der Waals surface area contributed by atoms with Crippen LogP contribution in [0.4, 0.5) is 0 Å². The van der Waals surface area contributed by atoms with Gasteiger partial charge in [-0.05, 0) is 47.1 Å². The second kappa shape index (κ2) is 7.29. The normalized spacial score (nSPS) is 11.0. The van der Waals surface area contributed by atoms with E-state index < -0.39 is 0 Å². The fourth-order valence-electron chi connectivity index (χ4n) is 2.00. The lowest BCUT2D eigenvalue weighted by Crippen LogP contribution is -2.11. The Kier molecular flexibility index (Phi) is 5.69. The van der Waals surface area contributed by atoms with Crippen molar-refractivity contribution in [1.29, 1.82) is 0 Å². The van der Waals surface area contributed by atoms with E-state index in [4.69, 9.17) is 0 Å². The third-order valence-corrected chi connectivity index (χ3v) is 5.15. The Balaban J connectivity index is 2.03. The number of hydrogen-bond acceptors (Lipinski definition) is 3. The largest absolute Gasteiger partial charge is 0.313 e. The summed E-state index contributed by atoms with van der Waals surface area (Å²) in [5.74, 6) is 0.919. The lowest BCUT2D eigenvalue weighted by Gasteiger charge is -2.06. The zero-order chi connectivity index (χ0) is 14.5. The Morgan fingerprint density at radius 3 is 2.85 bits per heavy atom. The Bertz CT molecular complexity index is 580. The maximum Gasteiger partial charge on any atom is 0.0738 e. The first-order valence-corrected chi connectivity index (χ1v) is 8.50. The fourth-order valence-corrected chi connectivity index (χ4v) is 3.71. The summed E-state index contributed by atoms with van der Waals surface area (Å²) in [7, 11) is 2.00. The van der Waals surface area contributed by atoms with Crippen LogP contribution in [0.2, 0.25) is 0 Å². The maximum atomic E-state index is 4.43. The molecule has 1 aromatic heterocycles. The summed E-state index contributed by atoms with van der Waals surface area (Å²) in [4.78, 5) is 1.30. The molecule has 0 aliphatic heterocycles. The standard InChI is InChI=1S/C15H20BrN3S/c1-4-17-9-12-6-5-7-13(8-12)20-10-14-15(16)11(2)18-19(14)3/h5-8,17H,4,9-10H2,1-3H3. The van der Waals surface area contributed by atoms with E-state index in [1.165, 1.54) is 16.2 Å². The molecule has 20 heavy (non-hydrogen) atoms. The molecule has 0 bridgehead atoms. The summed E-state index contributed by atoms with van der Waals surface area (Å²) >= 11 is 5.46. The maximum absolute atomic E-state index is 4.43. The highest BCUT2D eigenvalue weighted by Crippen LogP contribution is 2.28. The summed E-state index contributed by atoms with van der Waals surface area (Å²) in [6.45, 7) is 6.08. The van der Waals surface area contributed by atoms with Crippen LogP contribution in [0, 0.1) is 6.92 Å². The number of rotatable bonds is 6. The molecule has 1 N–H and O–H groups in total. The van der Waals surface area contributed by atoms with E-state index in [1.807, 2.05) is 30.4 Å². The van der Waals surface area contributed by atoms with Gasteiger partial charge in [0.2, 0.25) is 0 Å². The summed E-state index contributed by atoms with van der Waals surface area (Å²) < 4.78 is 3.07. The number of aryl methyl sites for hydroxylation is 2. The van der Waals surface area contributed by atoms with E-state index >= 15 is 0 Å². The lowest BCUT2D eigenvalue weighted by molar-refractivity contribution is 0.725. The van der Waals surface area contributed by atoms with Crippen LogP contribution in [0.15, 0.2) is 33.6 Å². The molecule has 0 saturated carbocycles. The van der Waals surface area contributed by atoms with Gasteiger partial charge in [-0.25, -0.2) is 0 Å². The Morgan fingerprint density at radius 1 is 1.40 bits per heavy atom. The highest BCUT2D eigenvalue weighted by Gasteiger charge is 2.10. The molecular weight excluding hydrogens is 334 g/mol. The van der Waals surface area contributed by atoms with Gasteiger partial charge < -0.3 is 5.32 Å². The van der Waals surface area contributed by atoms with E-state index in [9.17, 15) is 0 Å². The van der Waals surface area contributed by atoms with Gasteiger partial charge in [-0.2, -0.15) is 5.10 Å². The Hall–Kier alpha value is -0.780. The average Bonchev–Trinajstić information content (AvgIpc) is 2.68. The number of benzene rings is 1. The van der Waals surface area contributed by atoms with Crippen molar-refractivity contribution in [3.63, 3.8) is 0 Å². The summed E-state index contributed by atoms with van der Waals surface area (Å²) in [5, 5.41) is 7.78. The van der Waals surface area contributed by atoms with Gasteiger partial charge in [0, 0.05) is 24.2 Å². The smallest absolute Gasteiger partial charge is 0.0738 e. The van der Waals surface area contributed by atoms with Gasteiger partial charge in [0.25, 0.3) is 0 Å². The van der Waals surface area contributed by atoms with Crippen molar-refractivity contribution in [3.8, 4) is 0 Å². The minimum absolute atomic E-state index is 0.919. The number of hydrogen-bond donors (Lipinski definition) is 1. The predicted octanol–water partition coefficient (Wildman–Crippen LogP) is 3.89. The van der Waals surface area contributed by atoms with Crippen LogP contribution < -0.4 is 5.32 Å². The van der Waals surface area contributed by atoms with Crippen LogP contribution in [0.25, 0.3) is 0 Å². The van der Waals surface area contributed by atoms with Crippen molar-refractivity contribution < 1.29 is 0 Å². The van der Waals surface area contributed by atoms with Gasteiger partial charge in [0.15, 0.2) is 0 Å². The summed E-state index contributed by atoms with van der Waals surface area (Å²) in [6.07, 6.45) is 0. The quantitative estimate of drug-likeness (QED) is 0.798. The van der Waals surface area contributed by atoms with Crippen LogP contribution >= 0.6 is 27.7 Å². The van der Waals surface area contributed by atoms with Crippen molar-refractivity contribution in [2.75, 3.05) is 6.54 Å². The van der Waals surface area contributed by atoms with Crippen LogP contribution in [-0.2, 0) is 19.3 Å². The highest BCUT2D eigenvalue weighted by molar-refractivity contribution is 9.10. The topological polar surface area (TPSA) is 29.9 Å². The van der Waals surface area contributed by atoms with Crippen LogP contribution in [0.1, 0.15) is 23.9 Å². The Morgan fingerprint density at radius 2 is 2.20 bits per heavy atom. The monoisotopic (exact) mass is 353 g/mol. The molecule has 0 spiro atoms. The van der Waals surface area contributed by atoms with Crippen molar-refractivity contribution >= 4 is 27.7 Å². The predicted molar refractivity (Wildman–Crippen MR) is 89.0 cm³/mol. The lowest BCUT2D eigenvalue weighted by atomic mass is 10.2. The molecule has 1 heterocycles. The number of thioether (sulfide) groups is 1. The third-order valence-electron chi connectivity index (χ3n) is 3.11. The number of nitrogens with zero attached hydrogens (tertiary/aromatic N) is 2. The van der Waals surface area contributed by atoms with Crippen molar-refractivity contribution in [3.05, 3.63) is 45.7 Å². The van der Waals surface area contributed by atoms with Gasteiger partial charge >= 0.3 is 0 Å². The van der Waals surface area contributed by atoms with E-state index in [-0.39, 0.29) is 0 Å². The molecule has 1 aromatic carbocycles. The van der Waals surface area contributed by atoms with Gasteiger partial charge in [-0.15, -0.1) is 11.8 Å². The number of halogens is 1. The molecule has 5 heteroatoms. The molecule has 0 radical (unpaired) electrons. The van der Waals surface area contributed by atoms with Crippen LogP contribution in [-0.4, -0.2) is 16.3 Å².